The van der Waals surface area contributed by atoms with Gasteiger partial charge in [-0.2, -0.15) is 0 Å². The second-order valence-corrected chi connectivity index (χ2v) is 5.26. The topological polar surface area (TPSA) is 105 Å². The summed E-state index contributed by atoms with van der Waals surface area (Å²) in [5.41, 5.74) is 4.79. The van der Waals surface area contributed by atoms with Crippen LogP contribution in [0.2, 0.25) is 0 Å². The van der Waals surface area contributed by atoms with E-state index in [1.165, 1.54) is 0 Å². The molecule has 0 unspecified atom stereocenters. The number of aromatic nitrogens is 1. The lowest BCUT2D eigenvalue weighted by Gasteiger charge is -2.33. The fraction of sp³-hybridized carbons (Fsp3) is 0.500. The van der Waals surface area contributed by atoms with E-state index in [1.54, 1.807) is 18.3 Å². The number of carboxylic acid groups (broad SMARTS) is 1. The van der Waals surface area contributed by atoms with Crippen molar-refractivity contribution in [2.75, 3.05) is 11.9 Å². The molecule has 0 spiro atoms. The highest BCUT2D eigenvalue weighted by Crippen LogP contribution is 2.36. The number of hydrogen-bond acceptors (Lipinski definition) is 4. The minimum Gasteiger partial charge on any atom is -0.481 e. The van der Waals surface area contributed by atoms with Gasteiger partial charge in [0.1, 0.15) is 5.82 Å². The first kappa shape index (κ1) is 14.3. The molecule has 1 aliphatic carbocycles. The number of carbonyl (C=O) groups is 2. The van der Waals surface area contributed by atoms with Gasteiger partial charge in [0.15, 0.2) is 0 Å². The van der Waals surface area contributed by atoms with Crippen LogP contribution in [0.15, 0.2) is 18.3 Å². The van der Waals surface area contributed by atoms with Crippen LogP contribution in [0, 0.1) is 5.41 Å². The molecular weight excluding hydrogens is 258 g/mol. The molecule has 1 fully saturated rings. The highest BCUT2D eigenvalue weighted by Gasteiger charge is 2.39. The molecule has 20 heavy (non-hydrogen) atoms. The van der Waals surface area contributed by atoms with E-state index in [0.717, 1.165) is 19.3 Å². The highest BCUT2D eigenvalue weighted by atomic mass is 16.4. The number of anilines is 1. The third kappa shape index (κ3) is 2.89. The number of rotatable bonds is 5. The van der Waals surface area contributed by atoms with E-state index in [1.807, 2.05) is 0 Å². The monoisotopic (exact) mass is 277 g/mol. The molecule has 0 bridgehead atoms. The van der Waals surface area contributed by atoms with Crippen LogP contribution < -0.4 is 11.1 Å². The van der Waals surface area contributed by atoms with Gasteiger partial charge in [-0.3, -0.25) is 9.59 Å². The molecule has 0 radical (unpaired) electrons. The molecule has 6 nitrogen and oxygen atoms in total. The van der Waals surface area contributed by atoms with Gasteiger partial charge in [0.05, 0.1) is 11.0 Å². The summed E-state index contributed by atoms with van der Waals surface area (Å²) >= 11 is 0. The van der Waals surface area contributed by atoms with E-state index in [9.17, 15) is 14.7 Å². The molecule has 1 amide bonds. The summed E-state index contributed by atoms with van der Waals surface area (Å²) in [6.45, 7) is 0.264. The van der Waals surface area contributed by atoms with Crippen LogP contribution in [0.3, 0.4) is 0 Å². The van der Waals surface area contributed by atoms with Gasteiger partial charge in [-0.05, 0) is 25.0 Å². The molecule has 6 heteroatoms. The van der Waals surface area contributed by atoms with Crippen LogP contribution in [-0.4, -0.2) is 28.5 Å². The van der Waals surface area contributed by atoms with Gasteiger partial charge in [0, 0.05) is 12.7 Å². The van der Waals surface area contributed by atoms with Crippen molar-refractivity contribution in [3.8, 4) is 0 Å². The Bertz CT molecular complexity index is 510. The number of carbonyl (C=O) groups excluding carboxylic acids is 1. The maximum atomic E-state index is 11.6. The molecule has 1 aliphatic rings. The molecule has 0 aliphatic heterocycles. The molecule has 108 valence electrons. The minimum atomic E-state index is -0.791. The third-order valence-corrected chi connectivity index (χ3v) is 3.93. The zero-order valence-electron chi connectivity index (χ0n) is 11.3. The zero-order chi connectivity index (χ0) is 14.6. The zero-order valence-corrected chi connectivity index (χ0v) is 11.3. The van der Waals surface area contributed by atoms with Crippen molar-refractivity contribution >= 4 is 17.7 Å². The SMILES string of the molecule is NC(=O)c1cccnc1NCC1(C(=O)O)CCCCC1. The first-order valence-corrected chi connectivity index (χ1v) is 6.77. The average Bonchev–Trinajstić information content (AvgIpc) is 2.46. The van der Waals surface area contributed by atoms with E-state index >= 15 is 0 Å². The van der Waals surface area contributed by atoms with Crippen LogP contribution in [0.25, 0.3) is 0 Å². The van der Waals surface area contributed by atoms with Gasteiger partial charge < -0.3 is 16.2 Å². The Morgan fingerprint density at radius 2 is 2.05 bits per heavy atom. The normalized spacial score (nSPS) is 17.4. The lowest BCUT2D eigenvalue weighted by Crippen LogP contribution is -2.40. The van der Waals surface area contributed by atoms with Crippen molar-refractivity contribution in [1.29, 1.82) is 0 Å². The Morgan fingerprint density at radius 1 is 1.35 bits per heavy atom. The number of amides is 1. The molecule has 1 saturated carbocycles. The maximum Gasteiger partial charge on any atom is 0.311 e. The quantitative estimate of drug-likeness (QED) is 0.758. The minimum absolute atomic E-state index is 0.264. The largest absolute Gasteiger partial charge is 0.481 e. The van der Waals surface area contributed by atoms with Crippen molar-refractivity contribution in [3.63, 3.8) is 0 Å². The van der Waals surface area contributed by atoms with E-state index in [2.05, 4.69) is 10.3 Å². The Labute approximate surface area is 117 Å². The van der Waals surface area contributed by atoms with Gasteiger partial charge >= 0.3 is 5.97 Å². The van der Waals surface area contributed by atoms with Crippen molar-refractivity contribution in [3.05, 3.63) is 23.9 Å². The Hall–Kier alpha value is -2.11. The Balaban J connectivity index is 2.14. The molecule has 2 rings (SSSR count). The third-order valence-electron chi connectivity index (χ3n) is 3.93. The standard InChI is InChI=1S/C14H19N3O3/c15-11(18)10-5-4-8-16-12(10)17-9-14(13(19)20)6-2-1-3-7-14/h4-5,8H,1-3,6-7,9H2,(H2,15,18)(H,16,17)(H,19,20). The van der Waals surface area contributed by atoms with Gasteiger partial charge in [-0.15, -0.1) is 0 Å². The van der Waals surface area contributed by atoms with Crippen molar-refractivity contribution in [2.45, 2.75) is 32.1 Å². The molecule has 1 heterocycles. The molecule has 0 aromatic carbocycles. The predicted molar refractivity (Wildman–Crippen MR) is 74.4 cm³/mol. The first-order chi connectivity index (χ1) is 9.55. The lowest BCUT2D eigenvalue weighted by atomic mass is 9.74. The fourth-order valence-electron chi connectivity index (χ4n) is 2.69. The molecule has 4 N–H and O–H groups in total. The predicted octanol–water partition coefficient (Wildman–Crippen LogP) is 1.63. The number of nitrogens with one attached hydrogen (secondary N) is 1. The van der Waals surface area contributed by atoms with Crippen LogP contribution in [0.4, 0.5) is 5.82 Å². The molecular formula is C14H19N3O3. The van der Waals surface area contributed by atoms with E-state index in [4.69, 9.17) is 5.73 Å². The number of primary amides is 1. The second kappa shape index (κ2) is 5.90. The van der Waals surface area contributed by atoms with Crippen LogP contribution in [-0.2, 0) is 4.79 Å². The summed E-state index contributed by atoms with van der Waals surface area (Å²) < 4.78 is 0. The summed E-state index contributed by atoms with van der Waals surface area (Å²) in [6.07, 6.45) is 5.74. The highest BCUT2D eigenvalue weighted by molar-refractivity contribution is 5.97. The summed E-state index contributed by atoms with van der Waals surface area (Å²) in [4.78, 5) is 26.9. The number of carboxylic acids is 1. The number of pyridine rings is 1. The van der Waals surface area contributed by atoms with E-state index in [0.29, 0.717) is 18.7 Å². The van der Waals surface area contributed by atoms with Crippen molar-refractivity contribution in [1.82, 2.24) is 4.98 Å². The average molecular weight is 277 g/mol. The molecule has 1 aromatic heterocycles. The number of nitrogens with two attached hydrogens (primary N) is 1. The first-order valence-electron chi connectivity index (χ1n) is 6.77. The van der Waals surface area contributed by atoms with E-state index in [-0.39, 0.29) is 12.1 Å². The maximum absolute atomic E-state index is 11.6. The van der Waals surface area contributed by atoms with Crippen molar-refractivity contribution in [2.24, 2.45) is 11.1 Å². The number of aliphatic carboxylic acids is 1. The van der Waals surface area contributed by atoms with Crippen molar-refractivity contribution < 1.29 is 14.7 Å². The Morgan fingerprint density at radius 3 is 2.65 bits per heavy atom. The lowest BCUT2D eigenvalue weighted by molar-refractivity contribution is -0.150. The number of hydrogen-bond donors (Lipinski definition) is 3. The molecule has 0 saturated heterocycles. The number of nitrogens with zero attached hydrogens (tertiary/aromatic N) is 1. The molecule has 1 aromatic rings. The summed E-state index contributed by atoms with van der Waals surface area (Å²) in [5, 5.41) is 12.5. The van der Waals surface area contributed by atoms with Gasteiger partial charge in [-0.25, -0.2) is 4.98 Å². The second-order valence-electron chi connectivity index (χ2n) is 5.26. The van der Waals surface area contributed by atoms with E-state index < -0.39 is 17.3 Å². The van der Waals surface area contributed by atoms with Crippen LogP contribution >= 0.6 is 0 Å². The van der Waals surface area contributed by atoms with Crippen LogP contribution in [0.1, 0.15) is 42.5 Å². The summed E-state index contributed by atoms with van der Waals surface area (Å²) in [5.74, 6) is -1.01. The van der Waals surface area contributed by atoms with Gasteiger partial charge in [0.25, 0.3) is 5.91 Å². The summed E-state index contributed by atoms with van der Waals surface area (Å²) in [6, 6.07) is 3.20. The fourth-order valence-corrected chi connectivity index (χ4v) is 2.69. The molecule has 0 atom stereocenters. The smallest absolute Gasteiger partial charge is 0.311 e. The van der Waals surface area contributed by atoms with Gasteiger partial charge in [-0.1, -0.05) is 19.3 Å². The van der Waals surface area contributed by atoms with Gasteiger partial charge in [0.2, 0.25) is 0 Å². The van der Waals surface area contributed by atoms with Crippen LogP contribution in [0.5, 0.6) is 0 Å². The Kier molecular flexibility index (Phi) is 4.22. The summed E-state index contributed by atoms with van der Waals surface area (Å²) in [7, 11) is 0.